The van der Waals surface area contributed by atoms with Crippen LogP contribution in [0.2, 0.25) is 0 Å². The van der Waals surface area contributed by atoms with Crippen LogP contribution < -0.4 is 0 Å². The minimum absolute atomic E-state index is 0.213. The molecule has 0 saturated heterocycles. The molecule has 1 nitrogen and oxygen atoms in total. The molecule has 0 N–H and O–H groups in total. The van der Waals surface area contributed by atoms with Crippen LogP contribution in [0.25, 0.3) is 0 Å². The molecule has 10 heavy (non-hydrogen) atoms. The van der Waals surface area contributed by atoms with E-state index in [-0.39, 0.29) is 11.7 Å². The van der Waals surface area contributed by atoms with E-state index in [4.69, 9.17) is 0 Å². The van der Waals surface area contributed by atoms with E-state index in [1.165, 1.54) is 5.57 Å². The maximum Gasteiger partial charge on any atom is 0.132 e. The van der Waals surface area contributed by atoms with Crippen LogP contribution in [0.4, 0.5) is 0 Å². The number of rotatable bonds is 1. The fraction of sp³-hybridized carbons (Fsp3) is 0.667. The number of hydrogen-bond donors (Lipinski definition) is 0. The van der Waals surface area contributed by atoms with Gasteiger partial charge in [0.1, 0.15) is 5.78 Å². The Bertz CT molecular complexity index is 108. The molecule has 60 valence electrons. The Balaban J connectivity index is 0. The van der Waals surface area contributed by atoms with Crippen LogP contribution in [-0.2, 0) is 4.79 Å². The zero-order chi connectivity index (χ0) is 8.73. The van der Waals surface area contributed by atoms with Crippen molar-refractivity contribution in [3.05, 3.63) is 12.2 Å². The highest BCUT2D eigenvalue weighted by Crippen LogP contribution is 1.89. The Kier molecular flexibility index (Phi) is 7.91. The SMILES string of the molecule is C=C(C)C.CC(=O)C(C)C. The number of hydrogen-bond acceptors (Lipinski definition) is 1. The first-order chi connectivity index (χ1) is 4.37. The molecule has 0 saturated carbocycles. The van der Waals surface area contributed by atoms with E-state index in [2.05, 4.69) is 6.58 Å². The van der Waals surface area contributed by atoms with Gasteiger partial charge in [-0.1, -0.05) is 19.4 Å². The third-order valence-electron chi connectivity index (χ3n) is 0.813. The van der Waals surface area contributed by atoms with Crippen LogP contribution in [0.15, 0.2) is 12.2 Å². The topological polar surface area (TPSA) is 17.1 Å². The summed E-state index contributed by atoms with van der Waals surface area (Å²) in [5.41, 5.74) is 1.17. The minimum Gasteiger partial charge on any atom is -0.300 e. The Morgan fingerprint density at radius 1 is 1.20 bits per heavy atom. The second-order valence-corrected chi connectivity index (χ2v) is 2.97. The van der Waals surface area contributed by atoms with Gasteiger partial charge in [-0.3, -0.25) is 4.79 Å². The second-order valence-electron chi connectivity index (χ2n) is 2.97. The van der Waals surface area contributed by atoms with Crippen molar-refractivity contribution in [2.75, 3.05) is 0 Å². The maximum atomic E-state index is 10.1. The van der Waals surface area contributed by atoms with Crippen LogP contribution in [0.3, 0.4) is 0 Å². The highest BCUT2D eigenvalue weighted by atomic mass is 16.1. The molecule has 0 rings (SSSR count). The molecule has 0 atom stereocenters. The number of carbonyl (C=O) groups is 1. The zero-order valence-corrected chi connectivity index (χ0v) is 7.69. The summed E-state index contributed by atoms with van der Waals surface area (Å²) >= 11 is 0. The lowest BCUT2D eigenvalue weighted by atomic mass is 10.1. The molecular weight excluding hydrogens is 124 g/mol. The first kappa shape index (κ1) is 12.1. The monoisotopic (exact) mass is 142 g/mol. The summed E-state index contributed by atoms with van der Waals surface area (Å²) in [4.78, 5) is 10.1. The van der Waals surface area contributed by atoms with Gasteiger partial charge in [-0.05, 0) is 20.8 Å². The van der Waals surface area contributed by atoms with Gasteiger partial charge in [-0.15, -0.1) is 6.58 Å². The van der Waals surface area contributed by atoms with Gasteiger partial charge in [0.15, 0.2) is 0 Å². The first-order valence-electron chi connectivity index (χ1n) is 3.50. The average molecular weight is 142 g/mol. The predicted octanol–water partition coefficient (Wildman–Crippen LogP) is 2.81. The van der Waals surface area contributed by atoms with Crippen molar-refractivity contribution >= 4 is 5.78 Å². The van der Waals surface area contributed by atoms with Gasteiger partial charge in [0, 0.05) is 5.92 Å². The molecule has 0 aromatic rings. The van der Waals surface area contributed by atoms with Gasteiger partial charge in [0.2, 0.25) is 0 Å². The van der Waals surface area contributed by atoms with Gasteiger partial charge in [-0.2, -0.15) is 0 Å². The minimum atomic E-state index is 0.213. The molecule has 0 fully saturated rings. The smallest absolute Gasteiger partial charge is 0.132 e. The van der Waals surface area contributed by atoms with Crippen LogP contribution in [0.5, 0.6) is 0 Å². The number of carbonyl (C=O) groups excluding carboxylic acids is 1. The molecule has 0 aliphatic carbocycles. The summed E-state index contributed by atoms with van der Waals surface area (Å²) in [6.07, 6.45) is 0. The van der Waals surface area contributed by atoms with E-state index >= 15 is 0 Å². The van der Waals surface area contributed by atoms with Gasteiger partial charge in [0.25, 0.3) is 0 Å². The van der Waals surface area contributed by atoms with Crippen molar-refractivity contribution in [3.63, 3.8) is 0 Å². The molecule has 0 heterocycles. The van der Waals surface area contributed by atoms with Crippen LogP contribution >= 0.6 is 0 Å². The lowest BCUT2D eigenvalue weighted by Gasteiger charge is -1.90. The Morgan fingerprint density at radius 3 is 1.30 bits per heavy atom. The highest BCUT2D eigenvalue weighted by Gasteiger charge is 1.94. The summed E-state index contributed by atoms with van der Waals surface area (Å²) in [5, 5.41) is 0. The van der Waals surface area contributed by atoms with Crippen LogP contribution in [0, 0.1) is 5.92 Å². The van der Waals surface area contributed by atoms with Gasteiger partial charge >= 0.3 is 0 Å². The van der Waals surface area contributed by atoms with E-state index in [0.29, 0.717) is 0 Å². The largest absolute Gasteiger partial charge is 0.300 e. The summed E-state index contributed by atoms with van der Waals surface area (Å²) in [6, 6.07) is 0. The standard InChI is InChI=1S/C5H10O.C4H8/c1-4(2)5(3)6;1-4(2)3/h4H,1-3H3;1H2,2-3H3. The Morgan fingerprint density at radius 2 is 1.30 bits per heavy atom. The van der Waals surface area contributed by atoms with E-state index in [1.807, 2.05) is 27.7 Å². The summed E-state index contributed by atoms with van der Waals surface area (Å²) in [7, 11) is 0. The summed E-state index contributed by atoms with van der Waals surface area (Å²) in [6.45, 7) is 12.9. The molecular formula is C9H18O. The molecule has 1 heteroatoms. The van der Waals surface area contributed by atoms with Crippen molar-refractivity contribution in [1.82, 2.24) is 0 Å². The Labute approximate surface area is 64.1 Å². The molecule has 0 aliphatic rings. The van der Waals surface area contributed by atoms with E-state index in [1.54, 1.807) is 6.92 Å². The fourth-order valence-electron chi connectivity index (χ4n) is 0. The van der Waals surface area contributed by atoms with Crippen molar-refractivity contribution in [3.8, 4) is 0 Å². The van der Waals surface area contributed by atoms with Crippen molar-refractivity contribution in [2.24, 2.45) is 5.92 Å². The predicted molar refractivity (Wildman–Crippen MR) is 46.0 cm³/mol. The van der Waals surface area contributed by atoms with Crippen molar-refractivity contribution < 1.29 is 4.79 Å². The summed E-state index contributed by atoms with van der Waals surface area (Å²) in [5.74, 6) is 0.472. The van der Waals surface area contributed by atoms with Crippen LogP contribution in [-0.4, -0.2) is 5.78 Å². The molecule has 0 aliphatic heterocycles. The number of allylic oxidation sites excluding steroid dienone is 1. The van der Waals surface area contributed by atoms with Gasteiger partial charge < -0.3 is 0 Å². The van der Waals surface area contributed by atoms with Crippen LogP contribution in [0.1, 0.15) is 34.6 Å². The third kappa shape index (κ3) is 26.2. The van der Waals surface area contributed by atoms with E-state index < -0.39 is 0 Å². The Hall–Kier alpha value is -0.590. The number of Topliss-reactive ketones (excluding diaryl/α,β-unsaturated/α-hetero) is 1. The molecule has 0 amide bonds. The molecule has 0 aromatic heterocycles. The fourth-order valence-corrected chi connectivity index (χ4v) is 0. The molecule has 0 radical (unpaired) electrons. The van der Waals surface area contributed by atoms with Gasteiger partial charge in [0.05, 0.1) is 0 Å². The maximum absolute atomic E-state index is 10.1. The third-order valence-corrected chi connectivity index (χ3v) is 0.813. The summed E-state index contributed by atoms with van der Waals surface area (Å²) < 4.78 is 0. The second kappa shape index (κ2) is 6.53. The van der Waals surface area contributed by atoms with E-state index in [0.717, 1.165) is 0 Å². The normalized spacial score (nSPS) is 8.20. The average Bonchev–Trinajstić information content (AvgIpc) is 1.63. The van der Waals surface area contributed by atoms with E-state index in [9.17, 15) is 4.79 Å². The first-order valence-corrected chi connectivity index (χ1v) is 3.50. The number of ketones is 1. The van der Waals surface area contributed by atoms with Crippen molar-refractivity contribution in [1.29, 1.82) is 0 Å². The lowest BCUT2D eigenvalue weighted by Crippen LogP contribution is -1.98. The molecule has 0 unspecified atom stereocenters. The molecule has 0 bridgehead atoms. The lowest BCUT2D eigenvalue weighted by molar-refractivity contribution is -0.119. The molecule has 0 aromatic carbocycles. The van der Waals surface area contributed by atoms with Gasteiger partial charge in [-0.25, -0.2) is 0 Å². The zero-order valence-electron chi connectivity index (χ0n) is 7.69. The quantitative estimate of drug-likeness (QED) is 0.514. The highest BCUT2D eigenvalue weighted by molar-refractivity contribution is 5.77. The van der Waals surface area contributed by atoms with Crippen molar-refractivity contribution in [2.45, 2.75) is 34.6 Å². The molecule has 0 spiro atoms.